The molecule has 0 aliphatic rings. The molecule has 0 aliphatic carbocycles. The van der Waals surface area contributed by atoms with E-state index in [0.29, 0.717) is 35.2 Å². The standard InChI is InChI=1S/C17H25F3N4O3/c1-5-21-16(22-10-15(25)24(3)11-17(18,19)20)23-12-7-8-13(27-6-2)14(9-12)26-4/h7-9H,5-6,10-11H2,1-4H3,(H2,21,22,23). The molecule has 0 saturated carbocycles. The Kier molecular flexibility index (Phi) is 8.70. The topological polar surface area (TPSA) is 75.2 Å². The smallest absolute Gasteiger partial charge is 0.406 e. The molecule has 10 heteroatoms. The predicted molar refractivity (Wildman–Crippen MR) is 97.5 cm³/mol. The van der Waals surface area contributed by atoms with Crippen LogP contribution in [0.1, 0.15) is 13.8 Å². The Labute approximate surface area is 156 Å². The van der Waals surface area contributed by atoms with Gasteiger partial charge in [-0.25, -0.2) is 4.99 Å². The number of methoxy groups -OCH3 is 1. The summed E-state index contributed by atoms with van der Waals surface area (Å²) < 4.78 is 47.8. The van der Waals surface area contributed by atoms with Crippen LogP contribution in [0.4, 0.5) is 18.9 Å². The maximum atomic E-state index is 12.4. The van der Waals surface area contributed by atoms with Crippen molar-refractivity contribution in [1.29, 1.82) is 0 Å². The minimum Gasteiger partial charge on any atom is -0.493 e. The van der Waals surface area contributed by atoms with E-state index in [2.05, 4.69) is 15.6 Å². The zero-order chi connectivity index (χ0) is 20.4. The van der Waals surface area contributed by atoms with Crippen molar-refractivity contribution >= 4 is 17.6 Å². The SMILES string of the molecule is CCNC(=NCC(=O)N(C)CC(F)(F)F)Nc1ccc(OCC)c(OC)c1. The van der Waals surface area contributed by atoms with Gasteiger partial charge in [-0.1, -0.05) is 0 Å². The fourth-order valence-electron chi connectivity index (χ4n) is 2.09. The maximum Gasteiger partial charge on any atom is 0.406 e. The van der Waals surface area contributed by atoms with Crippen molar-refractivity contribution in [2.45, 2.75) is 20.0 Å². The third kappa shape index (κ3) is 8.06. The molecule has 0 fully saturated rings. The van der Waals surface area contributed by atoms with Gasteiger partial charge in [0.2, 0.25) is 5.91 Å². The number of ether oxygens (including phenoxy) is 2. The Balaban J connectivity index is 2.83. The van der Waals surface area contributed by atoms with Crippen LogP contribution in [-0.2, 0) is 4.79 Å². The second-order valence-electron chi connectivity index (χ2n) is 5.48. The zero-order valence-electron chi connectivity index (χ0n) is 15.8. The molecule has 0 radical (unpaired) electrons. The van der Waals surface area contributed by atoms with E-state index in [1.54, 1.807) is 18.2 Å². The van der Waals surface area contributed by atoms with Gasteiger partial charge in [0.1, 0.15) is 13.1 Å². The molecule has 152 valence electrons. The molecular formula is C17H25F3N4O3. The predicted octanol–water partition coefficient (Wildman–Crippen LogP) is 2.49. The zero-order valence-corrected chi connectivity index (χ0v) is 15.8. The molecule has 1 amide bonds. The van der Waals surface area contributed by atoms with Crippen molar-refractivity contribution < 1.29 is 27.4 Å². The number of nitrogens with zero attached hydrogens (tertiary/aromatic N) is 2. The molecule has 0 aliphatic heterocycles. The fourth-order valence-corrected chi connectivity index (χ4v) is 2.09. The number of hydrogen-bond acceptors (Lipinski definition) is 4. The van der Waals surface area contributed by atoms with Gasteiger partial charge in [0.25, 0.3) is 0 Å². The van der Waals surface area contributed by atoms with Crippen molar-refractivity contribution in [3.63, 3.8) is 0 Å². The van der Waals surface area contributed by atoms with Gasteiger partial charge in [-0.3, -0.25) is 4.79 Å². The molecule has 0 spiro atoms. The van der Waals surface area contributed by atoms with Gasteiger partial charge in [0, 0.05) is 25.3 Å². The van der Waals surface area contributed by atoms with Gasteiger partial charge in [-0.05, 0) is 26.0 Å². The average molecular weight is 390 g/mol. The lowest BCUT2D eigenvalue weighted by Gasteiger charge is -2.18. The highest BCUT2D eigenvalue weighted by atomic mass is 19.4. The molecule has 1 aromatic rings. The van der Waals surface area contributed by atoms with Crippen molar-refractivity contribution in [2.75, 3.05) is 45.7 Å². The molecule has 0 bridgehead atoms. The maximum absolute atomic E-state index is 12.4. The summed E-state index contributed by atoms with van der Waals surface area (Å²) in [4.78, 5) is 16.5. The van der Waals surface area contributed by atoms with Crippen molar-refractivity contribution in [3.8, 4) is 11.5 Å². The molecular weight excluding hydrogens is 365 g/mol. The Morgan fingerprint density at radius 3 is 2.52 bits per heavy atom. The first kappa shape index (κ1) is 22.4. The summed E-state index contributed by atoms with van der Waals surface area (Å²) in [5, 5.41) is 5.90. The number of hydrogen-bond donors (Lipinski definition) is 2. The van der Waals surface area contributed by atoms with E-state index in [4.69, 9.17) is 9.47 Å². The van der Waals surface area contributed by atoms with E-state index in [1.807, 2.05) is 13.8 Å². The lowest BCUT2D eigenvalue weighted by atomic mass is 10.2. The summed E-state index contributed by atoms with van der Waals surface area (Å²) in [5.74, 6) is 0.612. The highest BCUT2D eigenvalue weighted by Gasteiger charge is 2.31. The molecule has 1 rings (SSSR count). The number of alkyl halides is 3. The first-order valence-electron chi connectivity index (χ1n) is 8.37. The number of aliphatic imine (C=N–C) groups is 1. The number of benzene rings is 1. The molecule has 0 unspecified atom stereocenters. The second kappa shape index (κ2) is 10.5. The fraction of sp³-hybridized carbons (Fsp3) is 0.529. The Bertz CT molecular complexity index is 651. The first-order valence-corrected chi connectivity index (χ1v) is 8.37. The lowest BCUT2D eigenvalue weighted by Crippen LogP contribution is -2.38. The van der Waals surface area contributed by atoms with Crippen LogP contribution in [0.25, 0.3) is 0 Å². The summed E-state index contributed by atoms with van der Waals surface area (Å²) in [6.45, 7) is 2.94. The number of nitrogens with one attached hydrogen (secondary N) is 2. The van der Waals surface area contributed by atoms with Crippen LogP contribution in [0.3, 0.4) is 0 Å². The third-order valence-electron chi connectivity index (χ3n) is 3.29. The summed E-state index contributed by atoms with van der Waals surface area (Å²) in [7, 11) is 2.60. The van der Waals surface area contributed by atoms with Crippen LogP contribution in [0.5, 0.6) is 11.5 Å². The van der Waals surface area contributed by atoms with Gasteiger partial charge in [-0.2, -0.15) is 13.2 Å². The van der Waals surface area contributed by atoms with Crippen LogP contribution < -0.4 is 20.1 Å². The summed E-state index contributed by atoms with van der Waals surface area (Å²) >= 11 is 0. The van der Waals surface area contributed by atoms with Crippen molar-refractivity contribution in [3.05, 3.63) is 18.2 Å². The number of amides is 1. The van der Waals surface area contributed by atoms with E-state index in [0.717, 1.165) is 7.05 Å². The quantitative estimate of drug-likeness (QED) is 0.527. The highest BCUT2D eigenvalue weighted by Crippen LogP contribution is 2.30. The Morgan fingerprint density at radius 1 is 1.26 bits per heavy atom. The molecule has 0 aromatic heterocycles. The average Bonchev–Trinajstić information content (AvgIpc) is 2.59. The minimum absolute atomic E-state index is 0.262. The normalized spacial score (nSPS) is 11.7. The van der Waals surface area contributed by atoms with E-state index in [9.17, 15) is 18.0 Å². The number of halogens is 3. The van der Waals surface area contributed by atoms with E-state index in [-0.39, 0.29) is 5.96 Å². The number of carbonyl (C=O) groups excluding carboxylic acids is 1. The Morgan fingerprint density at radius 2 is 1.96 bits per heavy atom. The van der Waals surface area contributed by atoms with Gasteiger partial charge < -0.3 is 25.0 Å². The third-order valence-corrected chi connectivity index (χ3v) is 3.29. The van der Waals surface area contributed by atoms with E-state index in [1.165, 1.54) is 7.11 Å². The number of carbonyl (C=O) groups is 1. The number of likely N-dealkylation sites (N-methyl/N-ethyl adjacent to an activating group) is 1. The minimum atomic E-state index is -4.45. The summed E-state index contributed by atoms with van der Waals surface area (Å²) in [5.41, 5.74) is 0.617. The van der Waals surface area contributed by atoms with E-state index >= 15 is 0 Å². The molecule has 0 heterocycles. The summed E-state index contributed by atoms with van der Waals surface area (Å²) in [6.07, 6.45) is -4.45. The van der Waals surface area contributed by atoms with Gasteiger partial charge >= 0.3 is 6.18 Å². The highest BCUT2D eigenvalue weighted by molar-refractivity contribution is 5.95. The van der Waals surface area contributed by atoms with Crippen molar-refractivity contribution in [1.82, 2.24) is 10.2 Å². The largest absolute Gasteiger partial charge is 0.493 e. The molecule has 2 N–H and O–H groups in total. The van der Waals surface area contributed by atoms with Crippen LogP contribution in [0, 0.1) is 0 Å². The molecule has 7 nitrogen and oxygen atoms in total. The van der Waals surface area contributed by atoms with Crippen LogP contribution in [-0.4, -0.2) is 63.3 Å². The second-order valence-corrected chi connectivity index (χ2v) is 5.48. The summed E-state index contributed by atoms with van der Waals surface area (Å²) in [6, 6.07) is 5.14. The number of anilines is 1. The van der Waals surface area contributed by atoms with Crippen molar-refractivity contribution in [2.24, 2.45) is 4.99 Å². The lowest BCUT2D eigenvalue weighted by molar-refractivity contribution is -0.157. The molecule has 0 atom stereocenters. The number of guanidine groups is 1. The van der Waals surface area contributed by atoms with Crippen LogP contribution in [0.2, 0.25) is 0 Å². The van der Waals surface area contributed by atoms with Crippen LogP contribution in [0.15, 0.2) is 23.2 Å². The van der Waals surface area contributed by atoms with Gasteiger partial charge in [0.05, 0.1) is 13.7 Å². The monoisotopic (exact) mass is 390 g/mol. The van der Waals surface area contributed by atoms with Crippen LogP contribution >= 0.6 is 0 Å². The van der Waals surface area contributed by atoms with Gasteiger partial charge in [0.15, 0.2) is 17.5 Å². The Hall–Kier alpha value is -2.65. The van der Waals surface area contributed by atoms with E-state index < -0.39 is 25.2 Å². The molecule has 0 saturated heterocycles. The number of rotatable bonds is 8. The van der Waals surface area contributed by atoms with Gasteiger partial charge in [-0.15, -0.1) is 0 Å². The first-order chi connectivity index (χ1) is 12.7. The molecule has 27 heavy (non-hydrogen) atoms. The molecule has 1 aromatic carbocycles.